The van der Waals surface area contributed by atoms with Crippen molar-refractivity contribution in [3.05, 3.63) is 72.5 Å². The number of carbonyl (C=O) groups is 1. The van der Waals surface area contributed by atoms with Gasteiger partial charge in [-0.1, -0.05) is 44.2 Å². The molecule has 0 aliphatic heterocycles. The van der Waals surface area contributed by atoms with Gasteiger partial charge in [0.05, 0.1) is 13.2 Å². The molecule has 0 spiro atoms. The average molecular weight is 459 g/mol. The smallest absolute Gasteiger partial charge is 0.248 e. The molecule has 1 unspecified atom stereocenters. The summed E-state index contributed by atoms with van der Waals surface area (Å²) >= 11 is 0. The van der Waals surface area contributed by atoms with Crippen molar-refractivity contribution in [1.82, 2.24) is 10.2 Å². The number of nitrogens with zero attached hydrogens (tertiary/aromatic N) is 1. The lowest BCUT2D eigenvalue weighted by Gasteiger charge is -2.21. The van der Waals surface area contributed by atoms with E-state index in [1.165, 1.54) is 6.08 Å². The molecule has 33 heavy (non-hydrogen) atoms. The molecule has 6 heteroatoms. The fourth-order valence-electron chi connectivity index (χ4n) is 2.73. The minimum absolute atomic E-state index is 0.166. The number of benzene rings is 1. The molecule has 0 aliphatic carbocycles. The summed E-state index contributed by atoms with van der Waals surface area (Å²) in [6, 6.07) is 6.73. The van der Waals surface area contributed by atoms with E-state index < -0.39 is 0 Å². The van der Waals surface area contributed by atoms with Crippen molar-refractivity contribution in [3.8, 4) is 5.75 Å². The summed E-state index contributed by atoms with van der Waals surface area (Å²) in [5.41, 5.74) is 1.51. The molecule has 0 aliphatic rings. The van der Waals surface area contributed by atoms with E-state index in [2.05, 4.69) is 42.4 Å². The number of nitrogens with one attached hydrogen (secondary N) is 1. The fraction of sp³-hybridized carbons (Fsp3) is 0.444. The number of hydrogen-bond acceptors (Lipinski definition) is 5. The molecule has 0 radical (unpaired) electrons. The van der Waals surface area contributed by atoms with Gasteiger partial charge in [0, 0.05) is 39.0 Å². The first-order valence-corrected chi connectivity index (χ1v) is 11.3. The molecule has 1 aromatic carbocycles. The highest BCUT2D eigenvalue weighted by Crippen LogP contribution is 2.12. The van der Waals surface area contributed by atoms with Crippen molar-refractivity contribution in [3.63, 3.8) is 0 Å². The highest BCUT2D eigenvalue weighted by Gasteiger charge is 2.08. The molecule has 0 heterocycles. The second kappa shape index (κ2) is 20.0. The highest BCUT2D eigenvalue weighted by atomic mass is 16.5. The maximum absolute atomic E-state index is 12.2. The minimum atomic E-state index is -0.234. The Kier molecular flexibility index (Phi) is 18.4. The molecule has 0 aromatic heterocycles. The number of aromatic hydroxyl groups is 1. The first kappa shape index (κ1) is 30.3. The van der Waals surface area contributed by atoms with E-state index in [9.17, 15) is 9.90 Å². The van der Waals surface area contributed by atoms with Gasteiger partial charge in [0.1, 0.15) is 5.75 Å². The molecular weight excluding hydrogens is 416 g/mol. The van der Waals surface area contributed by atoms with Gasteiger partial charge in [-0.2, -0.15) is 0 Å². The maximum atomic E-state index is 12.2. The summed E-state index contributed by atoms with van der Waals surface area (Å²) in [6.07, 6.45) is 12.2. The zero-order chi connectivity index (χ0) is 24.9. The Morgan fingerprint density at radius 2 is 2.03 bits per heavy atom. The van der Waals surface area contributed by atoms with Crippen LogP contribution in [-0.4, -0.2) is 63.5 Å². The van der Waals surface area contributed by atoms with Gasteiger partial charge in [-0.3, -0.25) is 4.79 Å². The van der Waals surface area contributed by atoms with Crippen LogP contribution in [0.15, 0.2) is 66.9 Å². The standard InChI is InChI=1S/C25H36N2O3.C2H6O/c1-5-11-23(26-25(29)16-15-22-12-10-14-24(28)18-22)13-8-9-17-30-20-21(6-2)19-27(4)7-3;1-3-2/h5,8-10,12-16,18,21,28H,1,6-7,11,17,19-20H2,2-4H3,(H,26,29);1-2H3/b9-8-,16-15+,23-13+;. The number of amides is 1. The quantitative estimate of drug-likeness (QED) is 0.181. The second-order valence-corrected chi connectivity index (χ2v) is 7.61. The first-order valence-electron chi connectivity index (χ1n) is 11.3. The summed E-state index contributed by atoms with van der Waals surface area (Å²) < 4.78 is 10.0. The highest BCUT2D eigenvalue weighted by molar-refractivity contribution is 5.92. The van der Waals surface area contributed by atoms with Crippen LogP contribution in [0.1, 0.15) is 32.3 Å². The van der Waals surface area contributed by atoms with Gasteiger partial charge in [0.25, 0.3) is 0 Å². The number of carbonyl (C=O) groups excluding carboxylic acids is 1. The molecule has 0 fully saturated rings. The molecule has 0 saturated heterocycles. The Labute approximate surface area is 200 Å². The maximum Gasteiger partial charge on any atom is 0.248 e. The van der Waals surface area contributed by atoms with Crippen LogP contribution in [0.4, 0.5) is 0 Å². The van der Waals surface area contributed by atoms with Crippen LogP contribution >= 0.6 is 0 Å². The van der Waals surface area contributed by atoms with Crippen LogP contribution in [0.25, 0.3) is 6.08 Å². The third-order valence-corrected chi connectivity index (χ3v) is 4.63. The predicted octanol–water partition coefficient (Wildman–Crippen LogP) is 4.79. The van der Waals surface area contributed by atoms with Crippen LogP contribution in [-0.2, 0) is 14.3 Å². The van der Waals surface area contributed by atoms with Gasteiger partial charge >= 0.3 is 0 Å². The van der Waals surface area contributed by atoms with E-state index in [0.717, 1.165) is 37.4 Å². The van der Waals surface area contributed by atoms with E-state index in [-0.39, 0.29) is 11.7 Å². The first-order chi connectivity index (χ1) is 15.9. The minimum Gasteiger partial charge on any atom is -0.508 e. The SMILES string of the molecule is C=CC/C(=C\C=C/COCC(CC)CN(C)CC)NC(=O)/C=C/c1cccc(O)c1.COC. The number of ether oxygens (including phenoxy) is 2. The number of hydrogen-bond donors (Lipinski definition) is 2. The molecule has 1 atom stereocenters. The van der Waals surface area contributed by atoms with Crippen molar-refractivity contribution in [2.75, 3.05) is 47.6 Å². The summed E-state index contributed by atoms with van der Waals surface area (Å²) in [7, 11) is 5.38. The van der Waals surface area contributed by atoms with E-state index in [1.807, 2.05) is 24.3 Å². The Hall–Kier alpha value is -2.67. The van der Waals surface area contributed by atoms with Crippen molar-refractivity contribution >= 4 is 12.0 Å². The zero-order valence-electron chi connectivity index (χ0n) is 20.9. The van der Waals surface area contributed by atoms with Gasteiger partial charge in [-0.15, -0.1) is 6.58 Å². The van der Waals surface area contributed by atoms with Crippen molar-refractivity contribution in [2.24, 2.45) is 5.92 Å². The number of phenolic OH excluding ortho intramolecular Hbond substituents is 1. The Balaban J connectivity index is 0.00000322. The van der Waals surface area contributed by atoms with Crippen LogP contribution in [0.3, 0.4) is 0 Å². The summed E-state index contributed by atoms with van der Waals surface area (Å²) in [5, 5.41) is 12.3. The second-order valence-electron chi connectivity index (χ2n) is 7.61. The Morgan fingerprint density at radius 3 is 2.64 bits per heavy atom. The molecule has 1 amide bonds. The zero-order valence-corrected chi connectivity index (χ0v) is 20.9. The summed E-state index contributed by atoms with van der Waals surface area (Å²) in [5.74, 6) is 0.467. The predicted molar refractivity (Wildman–Crippen MR) is 138 cm³/mol. The molecule has 0 saturated carbocycles. The molecular formula is C27H42N2O4. The topological polar surface area (TPSA) is 71.0 Å². The van der Waals surface area contributed by atoms with Gasteiger partial charge in [0.15, 0.2) is 0 Å². The number of phenols is 1. The van der Waals surface area contributed by atoms with Crippen LogP contribution < -0.4 is 5.32 Å². The van der Waals surface area contributed by atoms with Crippen LogP contribution in [0.2, 0.25) is 0 Å². The Morgan fingerprint density at radius 1 is 1.30 bits per heavy atom. The lowest BCUT2D eigenvalue weighted by molar-refractivity contribution is -0.115. The molecule has 184 valence electrons. The van der Waals surface area contributed by atoms with Crippen LogP contribution in [0, 0.1) is 5.92 Å². The molecule has 6 nitrogen and oxygen atoms in total. The third kappa shape index (κ3) is 16.6. The van der Waals surface area contributed by atoms with Crippen LogP contribution in [0.5, 0.6) is 5.75 Å². The monoisotopic (exact) mass is 458 g/mol. The van der Waals surface area contributed by atoms with E-state index in [4.69, 9.17) is 4.74 Å². The van der Waals surface area contributed by atoms with Gasteiger partial charge in [-0.05, 0) is 55.8 Å². The van der Waals surface area contributed by atoms with Gasteiger partial charge in [0.2, 0.25) is 5.91 Å². The van der Waals surface area contributed by atoms with E-state index in [1.54, 1.807) is 44.6 Å². The number of allylic oxidation sites excluding steroid dienone is 3. The Bertz CT molecular complexity index is 756. The largest absolute Gasteiger partial charge is 0.508 e. The van der Waals surface area contributed by atoms with Gasteiger partial charge in [-0.25, -0.2) is 0 Å². The lowest BCUT2D eigenvalue weighted by Crippen LogP contribution is -2.27. The summed E-state index contributed by atoms with van der Waals surface area (Å²) in [6.45, 7) is 11.5. The van der Waals surface area contributed by atoms with Crippen molar-refractivity contribution in [1.29, 1.82) is 0 Å². The lowest BCUT2D eigenvalue weighted by atomic mass is 10.1. The van der Waals surface area contributed by atoms with Crippen molar-refractivity contribution < 1.29 is 19.4 Å². The van der Waals surface area contributed by atoms with Crippen molar-refractivity contribution in [2.45, 2.75) is 26.7 Å². The molecule has 2 N–H and O–H groups in total. The third-order valence-electron chi connectivity index (χ3n) is 4.63. The summed E-state index contributed by atoms with van der Waals surface area (Å²) in [4.78, 5) is 14.5. The fourth-order valence-corrected chi connectivity index (χ4v) is 2.73. The number of rotatable bonds is 14. The molecule has 1 aromatic rings. The molecule has 1 rings (SSSR count). The van der Waals surface area contributed by atoms with Gasteiger partial charge < -0.3 is 24.8 Å². The normalized spacial score (nSPS) is 12.6. The van der Waals surface area contributed by atoms with E-state index in [0.29, 0.717) is 18.9 Å². The van der Waals surface area contributed by atoms with E-state index >= 15 is 0 Å². The number of methoxy groups -OCH3 is 1. The molecule has 0 bridgehead atoms. The average Bonchev–Trinajstić information content (AvgIpc) is 2.79.